The number of rotatable bonds is 9. The Bertz CT molecular complexity index is 1330. The van der Waals surface area contributed by atoms with Crippen LogP contribution in [0.4, 0.5) is 0 Å². The van der Waals surface area contributed by atoms with Crippen LogP contribution in [0.3, 0.4) is 0 Å². The van der Waals surface area contributed by atoms with Gasteiger partial charge in [-0.05, 0) is 105 Å². The lowest BCUT2D eigenvalue weighted by Gasteiger charge is -2.28. The monoisotopic (exact) mass is 574 g/mol. The van der Waals surface area contributed by atoms with E-state index in [9.17, 15) is 9.59 Å². The summed E-state index contributed by atoms with van der Waals surface area (Å²) in [7, 11) is 0. The molecular formula is C35H46N2O3S. The molecule has 3 aromatic rings. The molecule has 2 aromatic carbocycles. The number of carbonyl (C=O) groups excluding carboxylic acids is 2. The number of aryl methyl sites for hydroxylation is 1. The molecule has 3 unspecified atom stereocenters. The first-order valence-electron chi connectivity index (χ1n) is 15.1. The van der Waals surface area contributed by atoms with Crippen molar-refractivity contribution in [1.82, 2.24) is 10.6 Å². The smallest absolute Gasteiger partial charge is 0.252 e. The molecule has 2 aliphatic rings. The van der Waals surface area contributed by atoms with Gasteiger partial charge in [0.2, 0.25) is 0 Å². The highest BCUT2D eigenvalue weighted by Crippen LogP contribution is 2.32. The van der Waals surface area contributed by atoms with Gasteiger partial charge in [0.1, 0.15) is 17.6 Å². The Kier molecular flexibility index (Phi) is 10.8. The first-order valence-corrected chi connectivity index (χ1v) is 15.9. The van der Waals surface area contributed by atoms with Crippen LogP contribution in [0.15, 0.2) is 54.6 Å². The molecule has 220 valence electrons. The Balaban J connectivity index is 0.000000367. The van der Waals surface area contributed by atoms with Gasteiger partial charge in [-0.25, -0.2) is 0 Å². The zero-order chi connectivity index (χ0) is 29.5. The van der Waals surface area contributed by atoms with Crippen LogP contribution in [-0.2, 0) is 11.2 Å². The number of hydrogen-bond acceptors (Lipinski definition) is 5. The maximum Gasteiger partial charge on any atom is 0.252 e. The molecule has 5 nitrogen and oxygen atoms in total. The second-order valence-electron chi connectivity index (χ2n) is 12.3. The number of nitrogens with one attached hydrogen (secondary N) is 2. The Labute approximate surface area is 250 Å². The van der Waals surface area contributed by atoms with E-state index in [1.54, 1.807) is 6.92 Å². The van der Waals surface area contributed by atoms with Crippen LogP contribution in [-0.4, -0.2) is 30.9 Å². The first kappa shape index (κ1) is 31.0. The lowest BCUT2D eigenvalue weighted by atomic mass is 10.0. The number of hydrogen-bond donors (Lipinski definition) is 2. The van der Waals surface area contributed by atoms with Crippen molar-refractivity contribution in [3.05, 3.63) is 76.2 Å². The number of amides is 1. The fraction of sp³-hybridized carbons (Fsp3) is 0.486. The summed E-state index contributed by atoms with van der Waals surface area (Å²) in [5.41, 5.74) is 3.90. The highest BCUT2D eigenvalue weighted by Gasteiger charge is 2.24. The molecule has 0 bridgehead atoms. The van der Waals surface area contributed by atoms with E-state index in [1.165, 1.54) is 21.7 Å². The summed E-state index contributed by atoms with van der Waals surface area (Å²) in [5.74, 6) is 2.91. The second kappa shape index (κ2) is 14.3. The third-order valence-electron chi connectivity index (χ3n) is 8.06. The molecule has 2 fully saturated rings. The van der Waals surface area contributed by atoms with Gasteiger partial charge in [0.25, 0.3) is 5.91 Å². The van der Waals surface area contributed by atoms with Gasteiger partial charge >= 0.3 is 0 Å². The number of ketones is 1. The number of Topliss-reactive ketones (excluding diaryl/α,β-unsaturated/α-hetero) is 1. The highest BCUT2D eigenvalue weighted by molar-refractivity contribution is 7.15. The summed E-state index contributed by atoms with van der Waals surface area (Å²) >= 11 is 1.85. The average Bonchev–Trinajstić information content (AvgIpc) is 3.56. The number of carbonyl (C=O) groups is 2. The predicted octanol–water partition coefficient (Wildman–Crippen LogP) is 7.78. The maximum atomic E-state index is 13.1. The fourth-order valence-electron chi connectivity index (χ4n) is 5.40. The Morgan fingerprint density at radius 2 is 1.83 bits per heavy atom. The van der Waals surface area contributed by atoms with Crippen LogP contribution in [0.1, 0.15) is 86.3 Å². The Hall–Kier alpha value is -2.96. The minimum absolute atomic E-state index is 0.0760. The van der Waals surface area contributed by atoms with Crippen molar-refractivity contribution in [1.29, 1.82) is 0 Å². The van der Waals surface area contributed by atoms with Crippen LogP contribution in [0.2, 0.25) is 0 Å². The molecule has 1 saturated heterocycles. The van der Waals surface area contributed by atoms with Gasteiger partial charge in [0.05, 0.1) is 6.04 Å². The van der Waals surface area contributed by atoms with E-state index in [1.807, 2.05) is 43.4 Å². The molecule has 1 saturated carbocycles. The quantitative estimate of drug-likeness (QED) is 0.274. The number of thiophene rings is 1. The zero-order valence-electron chi connectivity index (χ0n) is 25.5. The zero-order valence-corrected chi connectivity index (χ0v) is 26.3. The number of ether oxygens (including phenoxy) is 1. The molecule has 0 radical (unpaired) electrons. The van der Waals surface area contributed by atoms with E-state index in [-0.39, 0.29) is 18.1 Å². The van der Waals surface area contributed by atoms with Crippen molar-refractivity contribution < 1.29 is 14.3 Å². The van der Waals surface area contributed by atoms with Crippen LogP contribution >= 0.6 is 11.3 Å². The van der Waals surface area contributed by atoms with Gasteiger partial charge in [-0.1, -0.05) is 45.0 Å². The summed E-state index contributed by atoms with van der Waals surface area (Å²) in [6.45, 7) is 14.1. The maximum absolute atomic E-state index is 13.1. The van der Waals surface area contributed by atoms with Crippen molar-refractivity contribution in [2.24, 2.45) is 17.8 Å². The molecule has 6 heteroatoms. The van der Waals surface area contributed by atoms with Crippen LogP contribution in [0.25, 0.3) is 10.4 Å². The largest absolute Gasteiger partial charge is 0.488 e. The van der Waals surface area contributed by atoms with E-state index in [0.717, 1.165) is 55.1 Å². The fourth-order valence-corrected chi connectivity index (χ4v) is 6.61. The first-order chi connectivity index (χ1) is 19.6. The summed E-state index contributed by atoms with van der Waals surface area (Å²) in [4.78, 5) is 26.5. The van der Waals surface area contributed by atoms with E-state index in [0.29, 0.717) is 23.2 Å². The van der Waals surface area contributed by atoms with Crippen molar-refractivity contribution in [3.8, 4) is 16.2 Å². The van der Waals surface area contributed by atoms with Crippen molar-refractivity contribution in [2.45, 2.75) is 79.4 Å². The van der Waals surface area contributed by atoms with Crippen molar-refractivity contribution >= 4 is 23.0 Å². The molecule has 5 rings (SSSR count). The summed E-state index contributed by atoms with van der Waals surface area (Å²) in [6, 6.07) is 18.6. The van der Waals surface area contributed by atoms with E-state index in [2.05, 4.69) is 67.8 Å². The summed E-state index contributed by atoms with van der Waals surface area (Å²) < 4.78 is 5.93. The topological polar surface area (TPSA) is 67.4 Å². The highest BCUT2D eigenvalue weighted by atomic mass is 32.1. The molecule has 1 amide bonds. The third kappa shape index (κ3) is 8.76. The third-order valence-corrected chi connectivity index (χ3v) is 9.22. The van der Waals surface area contributed by atoms with Gasteiger partial charge in [-0.3, -0.25) is 9.59 Å². The van der Waals surface area contributed by atoms with Crippen LogP contribution in [0.5, 0.6) is 5.75 Å². The molecule has 41 heavy (non-hydrogen) atoms. The lowest BCUT2D eigenvalue weighted by Crippen LogP contribution is -2.50. The number of benzene rings is 2. The molecular weight excluding hydrogens is 528 g/mol. The van der Waals surface area contributed by atoms with Gasteiger partial charge in [-0.15, -0.1) is 11.3 Å². The van der Waals surface area contributed by atoms with Gasteiger partial charge in [0, 0.05) is 34.3 Å². The standard InChI is InChI=1S/C27H32N2O2S.C8H14O/c1-17(2)12-24-10-11-26(32-24)21-7-5-6-20(13-21)19(4)29-27(30)25-14-22(9-8-18(25)3)31-23-15-28-16-23;1-6-3-4-8(5-6)7(2)9/h5-11,13-14,17,19,23,28H,12,15-16H2,1-4H3,(H,29,30);6,8H,3-5H2,1-2H3. The molecule has 1 aromatic heterocycles. The minimum Gasteiger partial charge on any atom is -0.488 e. The van der Waals surface area contributed by atoms with E-state index in [4.69, 9.17) is 4.74 Å². The molecule has 3 atom stereocenters. The SMILES string of the molecule is CC(=O)C1CCC(C)C1.Cc1ccc(OC2CNC2)cc1C(=O)NC(C)c1cccc(-c2ccc(CC(C)C)s2)c1. The molecule has 1 aliphatic carbocycles. The van der Waals surface area contributed by atoms with Crippen molar-refractivity contribution in [2.75, 3.05) is 13.1 Å². The normalized spacial score (nSPS) is 19.2. The molecule has 2 heterocycles. The lowest BCUT2D eigenvalue weighted by molar-refractivity contribution is -0.120. The Morgan fingerprint density at radius 3 is 2.44 bits per heavy atom. The van der Waals surface area contributed by atoms with Gasteiger partial charge in [-0.2, -0.15) is 0 Å². The second-order valence-corrected chi connectivity index (χ2v) is 13.5. The van der Waals surface area contributed by atoms with Gasteiger partial charge in [0.15, 0.2) is 0 Å². The van der Waals surface area contributed by atoms with E-state index < -0.39 is 0 Å². The summed E-state index contributed by atoms with van der Waals surface area (Å²) in [6.07, 6.45) is 4.82. The van der Waals surface area contributed by atoms with Crippen molar-refractivity contribution in [3.63, 3.8) is 0 Å². The van der Waals surface area contributed by atoms with Gasteiger partial charge < -0.3 is 15.4 Å². The van der Waals surface area contributed by atoms with Crippen LogP contribution in [0, 0.1) is 24.7 Å². The molecule has 0 spiro atoms. The Morgan fingerprint density at radius 1 is 1.05 bits per heavy atom. The van der Waals surface area contributed by atoms with E-state index >= 15 is 0 Å². The van der Waals surface area contributed by atoms with Crippen LogP contribution < -0.4 is 15.4 Å². The molecule has 1 aliphatic heterocycles. The molecule has 2 N–H and O–H groups in total. The summed E-state index contributed by atoms with van der Waals surface area (Å²) in [5, 5.41) is 6.37. The predicted molar refractivity (Wildman–Crippen MR) is 170 cm³/mol. The minimum atomic E-state index is -0.0997. The average molecular weight is 575 g/mol.